The Bertz CT molecular complexity index is 1380. The third-order valence-corrected chi connectivity index (χ3v) is 8.11. The fourth-order valence-corrected chi connectivity index (χ4v) is 5.44. The third kappa shape index (κ3) is 6.47. The summed E-state index contributed by atoms with van der Waals surface area (Å²) >= 11 is 5.67. The van der Waals surface area contributed by atoms with E-state index in [2.05, 4.69) is 0 Å². The van der Waals surface area contributed by atoms with Crippen molar-refractivity contribution in [2.45, 2.75) is 56.0 Å². The van der Waals surface area contributed by atoms with Crippen molar-refractivity contribution in [3.8, 4) is 5.75 Å². The molecular weight excluding hydrogens is 594 g/mol. The molecule has 7 nitrogen and oxygen atoms in total. The van der Waals surface area contributed by atoms with Crippen molar-refractivity contribution >= 4 is 23.5 Å². The molecule has 3 fully saturated rings. The van der Waals surface area contributed by atoms with Crippen LogP contribution in [0, 0.1) is 11.6 Å². The fourth-order valence-electron chi connectivity index (χ4n) is 5.21. The third-order valence-electron chi connectivity index (χ3n) is 7.84. The van der Waals surface area contributed by atoms with Crippen molar-refractivity contribution in [2.75, 3.05) is 33.0 Å². The molecule has 2 aromatic carbocycles. The number of piperidine rings is 1. The second-order valence-corrected chi connectivity index (χ2v) is 11.3. The average molecular weight is 621 g/mol. The minimum Gasteiger partial charge on any atom is -0.490 e. The van der Waals surface area contributed by atoms with Gasteiger partial charge in [0.1, 0.15) is 36.4 Å². The van der Waals surface area contributed by atoms with Crippen LogP contribution in [0.2, 0.25) is 5.02 Å². The highest BCUT2D eigenvalue weighted by Crippen LogP contribution is 2.46. The molecule has 0 spiro atoms. The Kier molecular flexibility index (Phi) is 8.38. The van der Waals surface area contributed by atoms with Crippen LogP contribution in [0.25, 0.3) is 0 Å². The van der Waals surface area contributed by atoms with Gasteiger partial charge in [-0.05, 0) is 55.4 Å². The Hall–Kier alpha value is -3.03. The van der Waals surface area contributed by atoms with Crippen LogP contribution in [-0.4, -0.2) is 71.5 Å². The van der Waals surface area contributed by atoms with Gasteiger partial charge < -0.3 is 14.6 Å². The molecule has 2 saturated heterocycles. The van der Waals surface area contributed by atoms with Gasteiger partial charge in [-0.2, -0.15) is 13.2 Å². The Morgan fingerprint density at radius 1 is 1.12 bits per heavy atom. The second-order valence-electron chi connectivity index (χ2n) is 10.9. The van der Waals surface area contributed by atoms with Crippen LogP contribution >= 0.6 is 11.6 Å². The molecule has 1 aliphatic carbocycles. The molecule has 14 heteroatoms. The topological polar surface area (TPSA) is 79.3 Å². The van der Waals surface area contributed by atoms with Gasteiger partial charge in [-0.25, -0.2) is 18.0 Å². The summed E-state index contributed by atoms with van der Waals surface area (Å²) in [5.41, 5.74) is -2.97. The number of carbonyl (C=O) groups is 2. The molecule has 42 heavy (non-hydrogen) atoms. The maximum atomic E-state index is 15.7. The molecule has 2 aromatic rings. The minimum absolute atomic E-state index is 0.0242. The number of ether oxygens (including phenoxy) is 2. The number of hydrogen-bond donors (Lipinski definition) is 1. The Morgan fingerprint density at radius 2 is 1.81 bits per heavy atom. The van der Waals surface area contributed by atoms with Gasteiger partial charge in [0.05, 0.1) is 22.8 Å². The van der Waals surface area contributed by atoms with Crippen molar-refractivity contribution < 1.29 is 50.5 Å². The molecule has 0 radical (unpaired) electrons. The number of halogens is 7. The molecule has 5 rings (SSSR count). The molecule has 0 bridgehead atoms. The van der Waals surface area contributed by atoms with Gasteiger partial charge in [0, 0.05) is 31.3 Å². The van der Waals surface area contributed by atoms with Crippen LogP contribution in [0.5, 0.6) is 5.75 Å². The lowest BCUT2D eigenvalue weighted by Gasteiger charge is -2.36. The lowest BCUT2D eigenvalue weighted by molar-refractivity contribution is -0.141. The first-order chi connectivity index (χ1) is 19.8. The molecule has 1 saturated carbocycles. The molecule has 1 N–H and O–H groups in total. The number of likely N-dealkylation sites (tertiary alicyclic amines) is 1. The summed E-state index contributed by atoms with van der Waals surface area (Å²) in [5.74, 6) is -3.95. The molecule has 3 aliphatic rings. The monoisotopic (exact) mass is 620 g/mol. The van der Waals surface area contributed by atoms with Crippen molar-refractivity contribution in [1.82, 2.24) is 9.80 Å². The number of rotatable bonds is 8. The number of carboxylic acids is 1. The Labute approximate surface area is 241 Å². The number of nitrogens with zero attached hydrogens (tertiary/aromatic N) is 2. The zero-order chi connectivity index (χ0) is 30.4. The number of alkyl halides is 4. The molecule has 0 aromatic heterocycles. The van der Waals surface area contributed by atoms with E-state index in [0.717, 1.165) is 23.8 Å². The number of benzene rings is 2. The van der Waals surface area contributed by atoms with Crippen LogP contribution in [0.15, 0.2) is 24.3 Å². The molecule has 1 amide bonds. The lowest BCUT2D eigenvalue weighted by Crippen LogP contribution is -2.44. The number of carbonyl (C=O) groups excluding carboxylic acids is 1. The number of carboxylic acid groups (broad SMARTS) is 1. The number of amides is 1. The first kappa shape index (κ1) is 30.4. The summed E-state index contributed by atoms with van der Waals surface area (Å²) < 4.78 is 95.5. The summed E-state index contributed by atoms with van der Waals surface area (Å²) in [4.78, 5) is 27.0. The highest BCUT2D eigenvalue weighted by molar-refractivity contribution is 6.30. The van der Waals surface area contributed by atoms with E-state index in [1.54, 1.807) is 4.90 Å². The van der Waals surface area contributed by atoms with E-state index >= 15 is 8.78 Å². The molecule has 228 valence electrons. The maximum absolute atomic E-state index is 15.7. The summed E-state index contributed by atoms with van der Waals surface area (Å²) in [6.45, 7) is -0.916. The molecule has 2 heterocycles. The van der Waals surface area contributed by atoms with E-state index in [-0.39, 0.29) is 68.6 Å². The Balaban J connectivity index is 1.24. The van der Waals surface area contributed by atoms with Crippen LogP contribution in [0.1, 0.15) is 58.6 Å². The van der Waals surface area contributed by atoms with Crippen molar-refractivity contribution in [2.24, 2.45) is 0 Å². The normalized spacial score (nSPS) is 21.0. The standard InChI is InChI=1S/C28H27ClF6N2O5/c29-20-8-17(28(33,34)35)7-16(24(20)31)11-36-5-3-27(32,4-6-36)13-42-23-10-21(30)19(9-18(23)15-1-2-15)25(38)37-14-41-12-22(37)26(39)40/h7-10,15,22H,1-6,11-14H2,(H,39,40)/t22-/m0/s1. The van der Waals surface area contributed by atoms with E-state index in [1.165, 1.54) is 6.07 Å². The van der Waals surface area contributed by atoms with Crippen LogP contribution in [-0.2, 0) is 22.3 Å². The van der Waals surface area contributed by atoms with E-state index in [0.29, 0.717) is 17.7 Å². The van der Waals surface area contributed by atoms with Crippen molar-refractivity contribution in [1.29, 1.82) is 0 Å². The summed E-state index contributed by atoms with van der Waals surface area (Å²) in [7, 11) is 0. The smallest absolute Gasteiger partial charge is 0.416 e. The van der Waals surface area contributed by atoms with Gasteiger partial charge in [0.25, 0.3) is 5.91 Å². The quantitative estimate of drug-likeness (QED) is 0.377. The number of hydrogen-bond acceptors (Lipinski definition) is 5. The highest BCUT2D eigenvalue weighted by atomic mass is 35.5. The van der Waals surface area contributed by atoms with Gasteiger partial charge in [0.15, 0.2) is 6.04 Å². The predicted octanol–water partition coefficient (Wildman–Crippen LogP) is 5.78. The highest BCUT2D eigenvalue weighted by Gasteiger charge is 2.40. The SMILES string of the molecule is O=C(O)[C@@H]1COCN1C(=O)c1cc(C2CC2)c(OCC2(F)CCN(Cc3cc(C(F)(F)F)cc(Cl)c3F)CC2)cc1F. The average Bonchev–Trinajstić information content (AvgIpc) is 3.65. The largest absolute Gasteiger partial charge is 0.490 e. The Morgan fingerprint density at radius 3 is 2.43 bits per heavy atom. The van der Waals surface area contributed by atoms with Gasteiger partial charge in [-0.1, -0.05) is 11.6 Å². The molecule has 0 unspecified atom stereocenters. The first-order valence-electron chi connectivity index (χ1n) is 13.3. The van der Waals surface area contributed by atoms with E-state index < -0.39 is 58.6 Å². The van der Waals surface area contributed by atoms with Crippen LogP contribution in [0.4, 0.5) is 26.3 Å². The van der Waals surface area contributed by atoms with Gasteiger partial charge in [-0.3, -0.25) is 14.6 Å². The van der Waals surface area contributed by atoms with E-state index in [1.807, 2.05) is 0 Å². The molecule has 2 aliphatic heterocycles. The van der Waals surface area contributed by atoms with E-state index in [4.69, 9.17) is 21.1 Å². The van der Waals surface area contributed by atoms with Gasteiger partial charge in [0.2, 0.25) is 0 Å². The predicted molar refractivity (Wildman–Crippen MR) is 137 cm³/mol. The summed E-state index contributed by atoms with van der Waals surface area (Å²) in [6, 6.07) is 2.31. The van der Waals surface area contributed by atoms with Crippen molar-refractivity contribution in [3.05, 3.63) is 63.2 Å². The van der Waals surface area contributed by atoms with E-state index in [9.17, 15) is 32.3 Å². The first-order valence-corrected chi connectivity index (χ1v) is 13.7. The number of aliphatic carboxylic acids is 1. The fraction of sp³-hybridized carbons (Fsp3) is 0.500. The van der Waals surface area contributed by atoms with Gasteiger partial charge in [-0.15, -0.1) is 0 Å². The lowest BCUT2D eigenvalue weighted by atomic mass is 9.93. The van der Waals surface area contributed by atoms with Crippen LogP contribution in [0.3, 0.4) is 0 Å². The second kappa shape index (κ2) is 11.6. The van der Waals surface area contributed by atoms with Crippen LogP contribution < -0.4 is 4.74 Å². The molecular formula is C28H27ClF6N2O5. The minimum atomic E-state index is -4.70. The molecule has 1 atom stereocenters. The van der Waals surface area contributed by atoms with Gasteiger partial charge >= 0.3 is 12.1 Å². The van der Waals surface area contributed by atoms with Crippen molar-refractivity contribution in [3.63, 3.8) is 0 Å². The summed E-state index contributed by atoms with van der Waals surface area (Å²) in [6.07, 6.45) is -3.32. The maximum Gasteiger partial charge on any atom is 0.416 e. The summed E-state index contributed by atoms with van der Waals surface area (Å²) in [5, 5.41) is 8.68. The zero-order valence-electron chi connectivity index (χ0n) is 22.2. The zero-order valence-corrected chi connectivity index (χ0v) is 22.9.